The maximum Gasteiger partial charge on any atom is 0.338 e. The molecular formula is C63H61NO8. The molecule has 8 aromatic carbocycles. The van der Waals surface area contributed by atoms with Crippen molar-refractivity contribution in [3.8, 4) is 0 Å². The number of nitrogens with zero attached hydrogens (tertiary/aromatic N) is 1. The molecule has 72 heavy (non-hydrogen) atoms. The molecule has 0 N–H and O–H groups in total. The molecule has 3 atom stereocenters. The highest BCUT2D eigenvalue weighted by atomic mass is 16.6. The van der Waals surface area contributed by atoms with Gasteiger partial charge in [-0.2, -0.15) is 0 Å². The third-order valence-corrected chi connectivity index (χ3v) is 14.0. The van der Waals surface area contributed by atoms with Gasteiger partial charge in [0.1, 0.15) is 18.8 Å². The van der Waals surface area contributed by atoms with E-state index in [9.17, 15) is 24.0 Å². The summed E-state index contributed by atoms with van der Waals surface area (Å²) in [5, 5.41) is 6.75. The average molecular weight is 960 g/mol. The Bertz CT molecular complexity index is 3200. The molecule has 9 heteroatoms. The number of amides is 2. The Kier molecular flexibility index (Phi) is 16.1. The molecule has 0 aliphatic carbocycles. The first kappa shape index (κ1) is 49.3. The van der Waals surface area contributed by atoms with Crippen LogP contribution in [0, 0.1) is 0 Å². The van der Waals surface area contributed by atoms with Gasteiger partial charge in [-0.25, -0.2) is 14.4 Å². The van der Waals surface area contributed by atoms with E-state index in [-0.39, 0.29) is 34.2 Å². The van der Waals surface area contributed by atoms with Crippen LogP contribution in [0.1, 0.15) is 142 Å². The van der Waals surface area contributed by atoms with Crippen molar-refractivity contribution in [1.82, 2.24) is 4.90 Å². The molecular weight excluding hydrogens is 899 g/mol. The van der Waals surface area contributed by atoms with Gasteiger partial charge >= 0.3 is 17.9 Å². The Morgan fingerprint density at radius 2 is 0.778 bits per heavy atom. The molecule has 0 aromatic heterocycles. The lowest BCUT2D eigenvalue weighted by atomic mass is 9.97. The largest absolute Gasteiger partial charge is 0.460 e. The van der Waals surface area contributed by atoms with E-state index in [1.165, 1.54) is 44.9 Å². The number of unbranched alkanes of at least 4 members (excludes halogenated alkanes) is 11. The van der Waals surface area contributed by atoms with Gasteiger partial charge in [-0.15, -0.1) is 0 Å². The van der Waals surface area contributed by atoms with Gasteiger partial charge in [0.2, 0.25) is 0 Å². The first-order chi connectivity index (χ1) is 35.2. The number of ether oxygens (including phenoxy) is 3. The van der Waals surface area contributed by atoms with Crippen LogP contribution in [-0.4, -0.2) is 59.5 Å². The lowest BCUT2D eigenvalue weighted by Crippen LogP contribution is -2.56. The van der Waals surface area contributed by atoms with Crippen molar-refractivity contribution >= 4 is 72.8 Å². The van der Waals surface area contributed by atoms with E-state index in [1.54, 1.807) is 48.5 Å². The Morgan fingerprint density at radius 3 is 1.21 bits per heavy atom. The molecule has 0 radical (unpaired) electrons. The summed E-state index contributed by atoms with van der Waals surface area (Å²) in [4.78, 5) is 74.4. The van der Waals surface area contributed by atoms with Crippen LogP contribution < -0.4 is 0 Å². The van der Waals surface area contributed by atoms with Crippen LogP contribution in [0.4, 0.5) is 0 Å². The maximum atomic E-state index is 14.9. The average Bonchev–Trinajstić information content (AvgIpc) is 3.65. The number of carbonyl (C=O) groups excluding carboxylic acids is 5. The van der Waals surface area contributed by atoms with Crippen LogP contribution in [0.5, 0.6) is 0 Å². The highest BCUT2D eigenvalue weighted by molar-refractivity contribution is 6.23. The van der Waals surface area contributed by atoms with Gasteiger partial charge in [0, 0.05) is 0 Å². The smallest absolute Gasteiger partial charge is 0.338 e. The molecule has 0 bridgehead atoms. The van der Waals surface area contributed by atoms with Crippen molar-refractivity contribution in [3.05, 3.63) is 192 Å². The normalized spacial score (nSPS) is 13.6. The number of carbonyl (C=O) groups is 5. The van der Waals surface area contributed by atoms with Crippen molar-refractivity contribution in [2.75, 3.05) is 6.61 Å². The summed E-state index contributed by atoms with van der Waals surface area (Å²) in [6.45, 7) is 1.66. The topological polar surface area (TPSA) is 116 Å². The number of fused-ring (bicyclic) bond motifs is 5. The molecule has 0 saturated carbocycles. The van der Waals surface area contributed by atoms with Gasteiger partial charge < -0.3 is 14.2 Å². The standard InChI is InChI=1S/C63H61NO8/c1-2-3-4-5-6-7-8-9-10-11-12-13-30-57(71-62(68)52-35-32-44-23-15-18-26-47(44)38-52)58(72-63(69)53-36-33-45-24-16-19-27-48(45)39-53)56(42-70-61(67)51-34-31-43-22-14-17-25-46(43)37-51)64-59(65)54-40-49-28-20-21-29-50(49)41-55(54)60(64)66/h14-29,31-41,56-58H,2-13,30,42H2,1H3/t56-,57-,58-/m0/s1. The minimum Gasteiger partial charge on any atom is -0.460 e. The highest BCUT2D eigenvalue weighted by Gasteiger charge is 2.48. The summed E-state index contributed by atoms with van der Waals surface area (Å²) in [6.07, 6.45) is 10.8. The fourth-order valence-electron chi connectivity index (χ4n) is 10.0. The molecule has 0 fully saturated rings. The van der Waals surface area contributed by atoms with Gasteiger partial charge in [-0.05, 0) is 104 Å². The van der Waals surface area contributed by atoms with Crippen molar-refractivity contribution in [1.29, 1.82) is 0 Å². The van der Waals surface area contributed by atoms with E-state index in [2.05, 4.69) is 6.92 Å². The number of benzene rings is 8. The zero-order chi connectivity index (χ0) is 49.8. The minimum atomic E-state index is -1.50. The molecule has 8 aromatic rings. The van der Waals surface area contributed by atoms with E-state index < -0.39 is 54.6 Å². The van der Waals surface area contributed by atoms with Crippen LogP contribution >= 0.6 is 0 Å². The van der Waals surface area contributed by atoms with Gasteiger partial charge in [-0.1, -0.05) is 193 Å². The third kappa shape index (κ3) is 11.6. The van der Waals surface area contributed by atoms with Gasteiger partial charge in [0.05, 0.1) is 27.8 Å². The number of hydrogen-bond donors (Lipinski definition) is 0. The van der Waals surface area contributed by atoms with Crippen molar-refractivity contribution in [2.45, 2.75) is 109 Å². The van der Waals surface area contributed by atoms with E-state index in [0.717, 1.165) is 73.7 Å². The van der Waals surface area contributed by atoms with Gasteiger partial charge in [0.15, 0.2) is 6.10 Å². The number of hydrogen-bond acceptors (Lipinski definition) is 8. The summed E-state index contributed by atoms with van der Waals surface area (Å²) in [6, 6.07) is 48.0. The summed E-state index contributed by atoms with van der Waals surface area (Å²) in [5.41, 5.74) is 1.06. The Balaban J connectivity index is 1.08. The molecule has 0 unspecified atom stereocenters. The second kappa shape index (κ2) is 23.5. The summed E-state index contributed by atoms with van der Waals surface area (Å²) >= 11 is 0. The Hall–Kier alpha value is -7.65. The zero-order valence-electron chi connectivity index (χ0n) is 40.9. The van der Waals surface area contributed by atoms with Crippen LogP contribution in [0.25, 0.3) is 43.1 Å². The van der Waals surface area contributed by atoms with Gasteiger partial charge in [0.25, 0.3) is 11.8 Å². The van der Waals surface area contributed by atoms with E-state index in [0.29, 0.717) is 6.42 Å². The molecule has 1 aliphatic rings. The molecule has 0 saturated heterocycles. The Labute approximate surface area is 421 Å². The van der Waals surface area contributed by atoms with Crippen molar-refractivity contribution in [2.24, 2.45) is 0 Å². The van der Waals surface area contributed by atoms with Crippen LogP contribution in [-0.2, 0) is 14.2 Å². The molecule has 9 nitrogen and oxygen atoms in total. The summed E-state index contributed by atoms with van der Waals surface area (Å²) in [7, 11) is 0. The minimum absolute atomic E-state index is 0.162. The van der Waals surface area contributed by atoms with Crippen molar-refractivity contribution < 1.29 is 38.2 Å². The fraction of sp³-hybridized carbons (Fsp3) is 0.286. The van der Waals surface area contributed by atoms with Gasteiger partial charge in [-0.3, -0.25) is 14.5 Å². The molecule has 0 spiro atoms. The number of imide groups is 1. The fourth-order valence-corrected chi connectivity index (χ4v) is 10.0. The maximum absolute atomic E-state index is 14.9. The van der Waals surface area contributed by atoms with Crippen LogP contribution in [0.15, 0.2) is 164 Å². The highest BCUT2D eigenvalue weighted by Crippen LogP contribution is 2.34. The third-order valence-electron chi connectivity index (χ3n) is 14.0. The first-order valence-corrected chi connectivity index (χ1v) is 25.7. The monoisotopic (exact) mass is 959 g/mol. The summed E-state index contributed by atoms with van der Waals surface area (Å²) < 4.78 is 19.3. The van der Waals surface area contributed by atoms with E-state index in [1.807, 2.05) is 115 Å². The number of rotatable bonds is 23. The molecule has 1 aliphatic heterocycles. The predicted molar refractivity (Wildman–Crippen MR) is 284 cm³/mol. The second-order valence-electron chi connectivity index (χ2n) is 19.1. The lowest BCUT2D eigenvalue weighted by Gasteiger charge is -2.36. The molecule has 366 valence electrons. The predicted octanol–water partition coefficient (Wildman–Crippen LogP) is 14.7. The van der Waals surface area contributed by atoms with Crippen molar-refractivity contribution in [3.63, 3.8) is 0 Å². The molecule has 1 heterocycles. The second-order valence-corrected chi connectivity index (χ2v) is 19.1. The van der Waals surface area contributed by atoms with E-state index >= 15 is 0 Å². The van der Waals surface area contributed by atoms with Crippen LogP contribution in [0.2, 0.25) is 0 Å². The quantitative estimate of drug-likeness (QED) is 0.0269. The Morgan fingerprint density at radius 1 is 0.417 bits per heavy atom. The summed E-state index contributed by atoms with van der Waals surface area (Å²) in [5.74, 6) is -3.44. The van der Waals surface area contributed by atoms with E-state index in [4.69, 9.17) is 14.2 Å². The zero-order valence-corrected chi connectivity index (χ0v) is 40.9. The number of esters is 3. The SMILES string of the molecule is CCCCCCCCCCCCCC[C@H](OC(=O)c1ccc2ccccc2c1)[C@@H](OC(=O)c1ccc2ccccc2c1)[C@H](COC(=O)c1ccc2ccccc2c1)N1C(=O)c2cc3ccccc3cc2C1=O. The molecule has 2 amide bonds. The molecule has 9 rings (SSSR count). The lowest BCUT2D eigenvalue weighted by molar-refractivity contribution is -0.0721. The first-order valence-electron chi connectivity index (χ1n) is 25.7. The van der Waals surface area contributed by atoms with Crippen LogP contribution in [0.3, 0.4) is 0 Å².